The number of benzene rings is 1. The Morgan fingerprint density at radius 2 is 1.64 bits per heavy atom. The zero-order valence-corrected chi connectivity index (χ0v) is 12.2. The minimum Gasteiger partial charge on any atom is -0.339 e. The monoisotopic (exact) mass is 300 g/mol. The number of aromatic nitrogens is 1. The Balaban J connectivity index is 1.94. The van der Waals surface area contributed by atoms with Gasteiger partial charge in [0.05, 0.1) is 5.56 Å². The fourth-order valence-electron chi connectivity index (χ4n) is 2.70. The zero-order chi connectivity index (χ0) is 15.5. The van der Waals surface area contributed by atoms with Crippen molar-refractivity contribution in [2.45, 2.75) is 19.3 Å². The van der Waals surface area contributed by atoms with E-state index < -0.39 is 0 Å². The van der Waals surface area contributed by atoms with Gasteiger partial charge in [-0.3, -0.25) is 14.2 Å². The number of hydrogen-bond acceptors (Lipinski definition) is 2. The molecule has 0 atom stereocenters. The summed E-state index contributed by atoms with van der Waals surface area (Å²) in [5, 5.41) is 0. The van der Waals surface area contributed by atoms with E-state index >= 15 is 0 Å². The van der Waals surface area contributed by atoms with E-state index in [9.17, 15) is 14.0 Å². The standard InChI is InChI=1S/C17H17FN2O2/c18-14-5-7-15(8-6-14)20-12-13(4-9-16(20)21)17(22)19-10-2-1-3-11-19/h4-9,12H,1-3,10-11H2. The minimum absolute atomic E-state index is 0.0597. The maximum Gasteiger partial charge on any atom is 0.255 e. The summed E-state index contributed by atoms with van der Waals surface area (Å²) in [4.78, 5) is 26.3. The fraction of sp³-hybridized carbons (Fsp3) is 0.294. The van der Waals surface area contributed by atoms with E-state index in [0.717, 1.165) is 32.4 Å². The third kappa shape index (κ3) is 2.93. The molecule has 2 heterocycles. The smallest absolute Gasteiger partial charge is 0.255 e. The highest BCUT2D eigenvalue weighted by atomic mass is 19.1. The highest BCUT2D eigenvalue weighted by Gasteiger charge is 2.18. The molecule has 1 aliphatic heterocycles. The molecular formula is C17H17FN2O2. The van der Waals surface area contributed by atoms with Crippen LogP contribution >= 0.6 is 0 Å². The summed E-state index contributed by atoms with van der Waals surface area (Å²) in [7, 11) is 0. The predicted molar refractivity (Wildman–Crippen MR) is 81.8 cm³/mol. The fourth-order valence-corrected chi connectivity index (χ4v) is 2.70. The summed E-state index contributed by atoms with van der Waals surface area (Å²) in [6, 6.07) is 8.55. The lowest BCUT2D eigenvalue weighted by Gasteiger charge is -2.26. The summed E-state index contributed by atoms with van der Waals surface area (Å²) in [5.74, 6) is -0.423. The molecule has 4 nitrogen and oxygen atoms in total. The number of likely N-dealkylation sites (tertiary alicyclic amines) is 1. The molecule has 1 aliphatic rings. The van der Waals surface area contributed by atoms with Crippen LogP contribution in [0, 0.1) is 5.82 Å². The van der Waals surface area contributed by atoms with Gasteiger partial charge < -0.3 is 4.90 Å². The van der Waals surface area contributed by atoms with Crippen LogP contribution in [0.25, 0.3) is 5.69 Å². The number of amides is 1. The Kier molecular flexibility index (Phi) is 4.04. The lowest BCUT2D eigenvalue weighted by atomic mass is 10.1. The van der Waals surface area contributed by atoms with Gasteiger partial charge in [-0.05, 0) is 49.6 Å². The molecule has 114 valence electrons. The van der Waals surface area contributed by atoms with Gasteiger partial charge in [0.2, 0.25) is 0 Å². The minimum atomic E-state index is -0.364. The van der Waals surface area contributed by atoms with E-state index in [1.54, 1.807) is 6.07 Å². The molecule has 0 bridgehead atoms. The average molecular weight is 300 g/mol. The molecule has 0 spiro atoms. The number of pyridine rings is 1. The van der Waals surface area contributed by atoms with Crippen molar-refractivity contribution >= 4 is 5.91 Å². The van der Waals surface area contributed by atoms with Crippen LogP contribution in [0.4, 0.5) is 4.39 Å². The summed E-state index contributed by atoms with van der Waals surface area (Å²) in [5.41, 5.74) is 0.771. The number of carbonyl (C=O) groups excluding carboxylic acids is 1. The van der Waals surface area contributed by atoms with Crippen molar-refractivity contribution in [3.05, 3.63) is 64.3 Å². The first-order valence-electron chi connectivity index (χ1n) is 7.43. The second kappa shape index (κ2) is 6.13. The first kappa shape index (κ1) is 14.5. The van der Waals surface area contributed by atoms with Crippen molar-refractivity contribution in [2.24, 2.45) is 0 Å². The van der Waals surface area contributed by atoms with E-state index in [1.165, 1.54) is 41.1 Å². The molecule has 0 unspecified atom stereocenters. The van der Waals surface area contributed by atoms with Gasteiger partial charge in [-0.15, -0.1) is 0 Å². The van der Waals surface area contributed by atoms with Crippen LogP contribution in [-0.4, -0.2) is 28.5 Å². The van der Waals surface area contributed by atoms with Crippen molar-refractivity contribution in [1.29, 1.82) is 0 Å². The predicted octanol–water partition coefficient (Wildman–Crippen LogP) is 2.60. The lowest BCUT2D eigenvalue weighted by molar-refractivity contribution is 0.0723. The van der Waals surface area contributed by atoms with Crippen LogP contribution in [0.3, 0.4) is 0 Å². The molecule has 0 N–H and O–H groups in total. The lowest BCUT2D eigenvalue weighted by Crippen LogP contribution is -2.36. The molecule has 1 amide bonds. The summed E-state index contributed by atoms with van der Waals surface area (Å²) in [6.45, 7) is 1.52. The van der Waals surface area contributed by atoms with Crippen molar-refractivity contribution in [1.82, 2.24) is 9.47 Å². The second-order valence-electron chi connectivity index (χ2n) is 5.46. The topological polar surface area (TPSA) is 42.3 Å². The van der Waals surface area contributed by atoms with Gasteiger partial charge in [0.15, 0.2) is 0 Å². The van der Waals surface area contributed by atoms with Crippen molar-refractivity contribution in [2.75, 3.05) is 13.1 Å². The molecular weight excluding hydrogens is 283 g/mol. The van der Waals surface area contributed by atoms with Crippen LogP contribution in [0.15, 0.2) is 47.4 Å². The van der Waals surface area contributed by atoms with Gasteiger partial charge in [0.1, 0.15) is 5.82 Å². The molecule has 1 aromatic carbocycles. The Bertz CT molecular complexity index is 731. The Labute approximate surface area is 127 Å². The molecule has 1 aromatic heterocycles. The summed E-state index contributed by atoms with van der Waals surface area (Å²) < 4.78 is 14.4. The maximum atomic E-state index is 13.0. The number of piperidine rings is 1. The number of nitrogens with zero attached hydrogens (tertiary/aromatic N) is 2. The third-order valence-electron chi connectivity index (χ3n) is 3.91. The van der Waals surface area contributed by atoms with Gasteiger partial charge in [-0.25, -0.2) is 4.39 Å². The van der Waals surface area contributed by atoms with Crippen LogP contribution < -0.4 is 5.56 Å². The Morgan fingerprint density at radius 1 is 0.955 bits per heavy atom. The Morgan fingerprint density at radius 3 is 2.32 bits per heavy atom. The van der Waals surface area contributed by atoms with Crippen LogP contribution in [-0.2, 0) is 0 Å². The number of hydrogen-bond donors (Lipinski definition) is 0. The highest BCUT2D eigenvalue weighted by Crippen LogP contribution is 2.14. The normalized spacial score (nSPS) is 14.9. The van der Waals surface area contributed by atoms with Crippen molar-refractivity contribution < 1.29 is 9.18 Å². The highest BCUT2D eigenvalue weighted by molar-refractivity contribution is 5.94. The van der Waals surface area contributed by atoms with Crippen LogP contribution in [0.2, 0.25) is 0 Å². The van der Waals surface area contributed by atoms with Gasteiger partial charge in [-0.1, -0.05) is 0 Å². The van der Waals surface area contributed by atoms with Crippen molar-refractivity contribution in [3.8, 4) is 5.69 Å². The summed E-state index contributed by atoms with van der Waals surface area (Å²) >= 11 is 0. The number of rotatable bonds is 2. The van der Waals surface area contributed by atoms with Crippen molar-refractivity contribution in [3.63, 3.8) is 0 Å². The molecule has 1 saturated heterocycles. The van der Waals surface area contributed by atoms with E-state index in [-0.39, 0.29) is 17.3 Å². The van der Waals surface area contributed by atoms with Gasteiger partial charge in [-0.2, -0.15) is 0 Å². The Hall–Kier alpha value is -2.43. The van der Waals surface area contributed by atoms with E-state index in [4.69, 9.17) is 0 Å². The quantitative estimate of drug-likeness (QED) is 0.855. The molecule has 5 heteroatoms. The maximum absolute atomic E-state index is 13.0. The van der Waals surface area contributed by atoms with Crippen LogP contribution in [0.1, 0.15) is 29.6 Å². The zero-order valence-electron chi connectivity index (χ0n) is 12.2. The van der Waals surface area contributed by atoms with Gasteiger partial charge in [0, 0.05) is 31.0 Å². The largest absolute Gasteiger partial charge is 0.339 e. The molecule has 0 radical (unpaired) electrons. The van der Waals surface area contributed by atoms with Gasteiger partial charge in [0.25, 0.3) is 11.5 Å². The molecule has 1 fully saturated rings. The molecule has 2 aromatic rings. The SMILES string of the molecule is O=C(c1ccc(=O)n(-c2ccc(F)cc2)c1)N1CCCCC1. The molecule has 3 rings (SSSR count). The average Bonchev–Trinajstić information content (AvgIpc) is 2.56. The van der Waals surface area contributed by atoms with Crippen LogP contribution in [0.5, 0.6) is 0 Å². The number of carbonyl (C=O) groups is 1. The van der Waals surface area contributed by atoms with E-state index in [2.05, 4.69) is 0 Å². The first-order chi connectivity index (χ1) is 10.6. The molecule has 0 aliphatic carbocycles. The van der Waals surface area contributed by atoms with E-state index in [0.29, 0.717) is 11.3 Å². The number of halogens is 1. The molecule has 0 saturated carbocycles. The van der Waals surface area contributed by atoms with Gasteiger partial charge >= 0.3 is 0 Å². The van der Waals surface area contributed by atoms with E-state index in [1.807, 2.05) is 4.90 Å². The first-order valence-corrected chi connectivity index (χ1v) is 7.43. The third-order valence-corrected chi connectivity index (χ3v) is 3.91. The summed E-state index contributed by atoms with van der Waals surface area (Å²) in [6.07, 6.45) is 4.72. The molecule has 22 heavy (non-hydrogen) atoms. The second-order valence-corrected chi connectivity index (χ2v) is 5.46.